The Morgan fingerprint density at radius 1 is 1.40 bits per heavy atom. The number of carbonyl (C=O) groups excluding carboxylic acids is 1. The first-order valence-corrected chi connectivity index (χ1v) is 7.28. The van der Waals surface area contributed by atoms with Crippen molar-refractivity contribution in [1.82, 2.24) is 10.3 Å². The van der Waals surface area contributed by atoms with Crippen molar-refractivity contribution < 1.29 is 9.90 Å². The quantitative estimate of drug-likeness (QED) is 0.819. The molecule has 4 nitrogen and oxygen atoms in total. The summed E-state index contributed by atoms with van der Waals surface area (Å²) in [6.45, 7) is 0.177. The number of amides is 1. The van der Waals surface area contributed by atoms with Gasteiger partial charge in [-0.3, -0.25) is 9.78 Å². The van der Waals surface area contributed by atoms with Gasteiger partial charge in [-0.1, -0.05) is 6.07 Å². The Morgan fingerprint density at radius 3 is 3.00 bits per heavy atom. The number of nitrogens with zero attached hydrogens (tertiary/aromatic N) is 1. The summed E-state index contributed by atoms with van der Waals surface area (Å²) in [7, 11) is 0. The minimum absolute atomic E-state index is 0.0911. The molecule has 2 N–H and O–H groups in total. The SMILES string of the molecule is O=C(/C=C/c1ccccn1)NC1C2CCC(C2)C1CO. The standard InChI is InChI=1S/C16H20N2O2/c19-10-14-11-4-5-12(9-11)16(14)18-15(20)7-6-13-3-1-2-8-17-13/h1-3,6-8,11-12,14,16,19H,4-5,9-10H2,(H,18,20)/b7-6+. The molecule has 1 amide bonds. The maximum atomic E-state index is 12.0. The van der Waals surface area contributed by atoms with Crippen LogP contribution in [0.4, 0.5) is 0 Å². The third-order valence-electron chi connectivity index (χ3n) is 4.70. The number of hydrogen-bond donors (Lipinski definition) is 2. The van der Waals surface area contributed by atoms with Gasteiger partial charge in [0.1, 0.15) is 0 Å². The fourth-order valence-electron chi connectivity index (χ4n) is 3.75. The minimum Gasteiger partial charge on any atom is -0.396 e. The van der Waals surface area contributed by atoms with E-state index in [4.69, 9.17) is 0 Å². The van der Waals surface area contributed by atoms with Gasteiger partial charge in [-0.15, -0.1) is 0 Å². The third kappa shape index (κ3) is 2.61. The van der Waals surface area contributed by atoms with Crippen LogP contribution in [0.2, 0.25) is 0 Å². The van der Waals surface area contributed by atoms with Gasteiger partial charge in [-0.25, -0.2) is 0 Å². The van der Waals surface area contributed by atoms with E-state index >= 15 is 0 Å². The molecule has 0 spiro atoms. The Hall–Kier alpha value is -1.68. The van der Waals surface area contributed by atoms with Crippen LogP contribution in [0.5, 0.6) is 0 Å². The van der Waals surface area contributed by atoms with Crippen LogP contribution >= 0.6 is 0 Å². The number of hydrogen-bond acceptors (Lipinski definition) is 3. The molecule has 1 heterocycles. The van der Waals surface area contributed by atoms with E-state index in [1.807, 2.05) is 18.2 Å². The van der Waals surface area contributed by atoms with Crippen LogP contribution in [-0.4, -0.2) is 28.6 Å². The summed E-state index contributed by atoms with van der Waals surface area (Å²) in [6, 6.07) is 5.73. The van der Waals surface area contributed by atoms with Crippen LogP contribution in [0.1, 0.15) is 25.0 Å². The zero-order valence-electron chi connectivity index (χ0n) is 11.4. The Morgan fingerprint density at radius 2 is 2.25 bits per heavy atom. The molecule has 2 bridgehead atoms. The van der Waals surface area contributed by atoms with Crippen LogP contribution < -0.4 is 5.32 Å². The number of aromatic nitrogens is 1. The molecule has 0 radical (unpaired) electrons. The predicted octanol–water partition coefficient (Wildman–Crippen LogP) is 1.62. The molecule has 1 aromatic heterocycles. The zero-order chi connectivity index (χ0) is 13.9. The van der Waals surface area contributed by atoms with E-state index < -0.39 is 0 Å². The Bertz CT molecular complexity index is 500. The van der Waals surface area contributed by atoms with E-state index in [1.54, 1.807) is 12.3 Å². The third-order valence-corrected chi connectivity index (χ3v) is 4.70. The molecule has 20 heavy (non-hydrogen) atoms. The first kappa shape index (κ1) is 13.3. The number of rotatable bonds is 4. The van der Waals surface area contributed by atoms with Crippen LogP contribution in [0.15, 0.2) is 30.5 Å². The van der Waals surface area contributed by atoms with Crippen molar-refractivity contribution in [2.24, 2.45) is 17.8 Å². The summed E-state index contributed by atoms with van der Waals surface area (Å²) < 4.78 is 0. The highest BCUT2D eigenvalue weighted by molar-refractivity contribution is 5.91. The Labute approximate surface area is 118 Å². The molecule has 1 aromatic rings. The van der Waals surface area contributed by atoms with Gasteiger partial charge in [0.15, 0.2) is 0 Å². The van der Waals surface area contributed by atoms with Crippen molar-refractivity contribution in [3.05, 3.63) is 36.2 Å². The lowest BCUT2D eigenvalue weighted by molar-refractivity contribution is -0.117. The first-order valence-electron chi connectivity index (χ1n) is 7.28. The number of carbonyl (C=O) groups is 1. The van der Waals surface area contributed by atoms with Gasteiger partial charge in [0.2, 0.25) is 5.91 Å². The Balaban J connectivity index is 1.60. The number of aliphatic hydroxyl groups is 1. The van der Waals surface area contributed by atoms with Crippen molar-refractivity contribution in [1.29, 1.82) is 0 Å². The smallest absolute Gasteiger partial charge is 0.244 e. The van der Waals surface area contributed by atoms with E-state index in [2.05, 4.69) is 10.3 Å². The van der Waals surface area contributed by atoms with Gasteiger partial charge < -0.3 is 10.4 Å². The van der Waals surface area contributed by atoms with Crippen LogP contribution in [0.3, 0.4) is 0 Å². The van der Waals surface area contributed by atoms with Crippen molar-refractivity contribution in [3.63, 3.8) is 0 Å². The molecule has 4 atom stereocenters. The maximum Gasteiger partial charge on any atom is 0.244 e. The van der Waals surface area contributed by atoms with Gasteiger partial charge in [-0.2, -0.15) is 0 Å². The number of nitrogens with one attached hydrogen (secondary N) is 1. The van der Waals surface area contributed by atoms with E-state index in [0.717, 1.165) is 12.1 Å². The second kappa shape index (κ2) is 5.75. The van der Waals surface area contributed by atoms with Crippen molar-refractivity contribution in [2.45, 2.75) is 25.3 Å². The van der Waals surface area contributed by atoms with E-state index in [-0.39, 0.29) is 24.5 Å². The maximum absolute atomic E-state index is 12.0. The van der Waals surface area contributed by atoms with E-state index in [9.17, 15) is 9.90 Å². The van der Waals surface area contributed by atoms with Gasteiger partial charge >= 0.3 is 0 Å². The van der Waals surface area contributed by atoms with E-state index in [0.29, 0.717) is 11.8 Å². The highest BCUT2D eigenvalue weighted by Gasteiger charge is 2.47. The lowest BCUT2D eigenvalue weighted by atomic mass is 9.85. The lowest BCUT2D eigenvalue weighted by Gasteiger charge is -2.30. The van der Waals surface area contributed by atoms with Gasteiger partial charge in [0.25, 0.3) is 0 Å². The van der Waals surface area contributed by atoms with Crippen LogP contribution in [-0.2, 0) is 4.79 Å². The summed E-state index contributed by atoms with van der Waals surface area (Å²) in [5.41, 5.74) is 0.773. The average molecular weight is 272 g/mol. The second-order valence-corrected chi connectivity index (χ2v) is 5.80. The molecule has 2 aliphatic rings. The normalized spacial score (nSPS) is 31.9. The molecule has 4 unspecified atom stereocenters. The average Bonchev–Trinajstić information content (AvgIpc) is 3.07. The molecule has 4 heteroatoms. The monoisotopic (exact) mass is 272 g/mol. The van der Waals surface area contributed by atoms with Crippen LogP contribution in [0.25, 0.3) is 6.08 Å². The van der Waals surface area contributed by atoms with Crippen molar-refractivity contribution >= 4 is 12.0 Å². The number of fused-ring (bicyclic) bond motifs is 2. The molecule has 0 saturated heterocycles. The van der Waals surface area contributed by atoms with Gasteiger partial charge in [0, 0.05) is 30.8 Å². The highest BCUT2D eigenvalue weighted by Crippen LogP contribution is 2.48. The van der Waals surface area contributed by atoms with Gasteiger partial charge in [0.05, 0.1) is 5.69 Å². The molecule has 0 aliphatic heterocycles. The molecule has 2 saturated carbocycles. The molecule has 2 fully saturated rings. The largest absolute Gasteiger partial charge is 0.396 e. The molecule has 3 rings (SSSR count). The van der Waals surface area contributed by atoms with Gasteiger partial charge in [-0.05, 0) is 49.3 Å². The summed E-state index contributed by atoms with van der Waals surface area (Å²) in [5, 5.41) is 12.6. The zero-order valence-corrected chi connectivity index (χ0v) is 11.4. The summed E-state index contributed by atoms with van der Waals surface area (Å²) >= 11 is 0. The fourth-order valence-corrected chi connectivity index (χ4v) is 3.75. The molecular formula is C16H20N2O2. The highest BCUT2D eigenvalue weighted by atomic mass is 16.3. The first-order chi connectivity index (χ1) is 9.78. The topological polar surface area (TPSA) is 62.2 Å². The van der Waals surface area contributed by atoms with Crippen molar-refractivity contribution in [2.75, 3.05) is 6.61 Å². The molecule has 106 valence electrons. The molecule has 0 aromatic carbocycles. The fraction of sp³-hybridized carbons (Fsp3) is 0.500. The van der Waals surface area contributed by atoms with Crippen molar-refractivity contribution in [3.8, 4) is 0 Å². The van der Waals surface area contributed by atoms with E-state index in [1.165, 1.54) is 18.9 Å². The second-order valence-electron chi connectivity index (χ2n) is 5.80. The summed E-state index contributed by atoms with van der Waals surface area (Å²) in [6.07, 6.45) is 8.48. The van der Waals surface area contributed by atoms with Crippen LogP contribution in [0, 0.1) is 17.8 Å². The Kier molecular flexibility index (Phi) is 3.83. The summed E-state index contributed by atoms with van der Waals surface area (Å²) in [4.78, 5) is 16.1. The number of pyridine rings is 1. The minimum atomic E-state index is -0.0911. The molecule has 2 aliphatic carbocycles. The summed E-state index contributed by atoms with van der Waals surface area (Å²) in [5.74, 6) is 1.28. The molecular weight excluding hydrogens is 252 g/mol. The lowest BCUT2D eigenvalue weighted by Crippen LogP contribution is -2.44. The predicted molar refractivity (Wildman–Crippen MR) is 76.6 cm³/mol. The number of aliphatic hydroxyl groups excluding tert-OH is 1.